The molecule has 0 atom stereocenters. The van der Waals surface area contributed by atoms with Crippen LogP contribution in [-0.4, -0.2) is 33.8 Å². The molecule has 0 N–H and O–H groups in total. The van der Waals surface area contributed by atoms with E-state index in [1.165, 1.54) is 24.5 Å². The van der Waals surface area contributed by atoms with Gasteiger partial charge in [-0.2, -0.15) is 5.26 Å². The van der Waals surface area contributed by atoms with Crippen LogP contribution in [0, 0.1) is 11.3 Å². The van der Waals surface area contributed by atoms with Crippen LogP contribution in [0.2, 0.25) is 0 Å². The first-order chi connectivity index (χ1) is 14.9. The monoisotopic (exact) mass is 431 g/mol. The molecule has 0 unspecified atom stereocenters. The first-order valence-electron chi connectivity index (χ1n) is 9.40. The number of benzene rings is 2. The van der Waals surface area contributed by atoms with Crippen LogP contribution in [0.1, 0.15) is 19.4 Å². The lowest BCUT2D eigenvalue weighted by molar-refractivity contribution is 0.582. The van der Waals surface area contributed by atoms with Gasteiger partial charge in [0.25, 0.3) is 5.89 Å². The van der Waals surface area contributed by atoms with Crippen LogP contribution in [-0.2, 0) is 9.84 Å². The second-order valence-electron chi connectivity index (χ2n) is 6.98. The van der Waals surface area contributed by atoms with E-state index in [1.807, 2.05) is 36.4 Å². The Balaban J connectivity index is 1.73. The summed E-state index contributed by atoms with van der Waals surface area (Å²) in [5.74, 6) is 0.537. The van der Waals surface area contributed by atoms with Gasteiger partial charge in [0, 0.05) is 11.1 Å². The lowest BCUT2D eigenvalue weighted by atomic mass is 10.1. The van der Waals surface area contributed by atoms with Gasteiger partial charge in [-0.3, -0.25) is 4.98 Å². The van der Waals surface area contributed by atoms with Crippen molar-refractivity contribution in [2.24, 2.45) is 0 Å². The molecule has 0 amide bonds. The fourth-order valence-corrected chi connectivity index (χ4v) is 4.00. The van der Waals surface area contributed by atoms with Gasteiger partial charge in [-0.1, -0.05) is 24.3 Å². The highest BCUT2D eigenvalue weighted by Gasteiger charge is 2.21. The normalized spacial score (nSPS) is 11.4. The van der Waals surface area contributed by atoms with Crippen LogP contribution < -0.4 is 0 Å². The summed E-state index contributed by atoms with van der Waals surface area (Å²) in [7, 11) is -3.50. The molecule has 0 bridgehead atoms. The van der Waals surface area contributed by atoms with E-state index in [1.54, 1.807) is 19.9 Å². The zero-order valence-corrected chi connectivity index (χ0v) is 17.5. The van der Waals surface area contributed by atoms with E-state index < -0.39 is 15.1 Å². The minimum atomic E-state index is -3.50. The number of rotatable bonds is 5. The molecule has 0 aliphatic heterocycles. The molecular weight excluding hydrogens is 414 g/mol. The number of nitrogens with zero attached hydrogens (tertiary/aromatic N) is 5. The summed E-state index contributed by atoms with van der Waals surface area (Å²) in [6.07, 6.45) is 2.97. The van der Waals surface area contributed by atoms with E-state index in [9.17, 15) is 13.7 Å². The summed E-state index contributed by atoms with van der Waals surface area (Å²) in [6.45, 7) is 3.19. The third kappa shape index (κ3) is 3.93. The maximum absolute atomic E-state index is 12.4. The Morgan fingerprint density at radius 3 is 2.39 bits per heavy atom. The molecule has 8 nitrogen and oxygen atoms in total. The van der Waals surface area contributed by atoms with E-state index >= 15 is 0 Å². The zero-order valence-electron chi connectivity index (χ0n) is 16.7. The van der Waals surface area contributed by atoms with Gasteiger partial charge >= 0.3 is 0 Å². The highest BCUT2D eigenvalue weighted by atomic mass is 32.2. The highest BCUT2D eigenvalue weighted by molar-refractivity contribution is 7.92. The Hall–Kier alpha value is -3.90. The average molecular weight is 431 g/mol. The topological polar surface area (TPSA) is 123 Å². The van der Waals surface area contributed by atoms with Gasteiger partial charge in [0.2, 0.25) is 5.89 Å². The minimum Gasteiger partial charge on any atom is -0.415 e. The molecule has 154 valence electrons. The van der Waals surface area contributed by atoms with Crippen LogP contribution in [0.3, 0.4) is 0 Å². The predicted molar refractivity (Wildman–Crippen MR) is 113 cm³/mol. The molecule has 4 rings (SSSR count). The van der Waals surface area contributed by atoms with Gasteiger partial charge in [-0.05, 0) is 38.1 Å². The van der Waals surface area contributed by atoms with Gasteiger partial charge in [-0.15, -0.1) is 10.2 Å². The van der Waals surface area contributed by atoms with Crippen molar-refractivity contribution in [1.29, 1.82) is 5.26 Å². The number of aromatic nitrogens is 4. The van der Waals surface area contributed by atoms with E-state index in [4.69, 9.17) is 4.42 Å². The quantitative estimate of drug-likeness (QED) is 0.466. The number of sulfone groups is 1. The molecule has 0 saturated carbocycles. The maximum atomic E-state index is 12.4. The van der Waals surface area contributed by atoms with E-state index in [2.05, 4.69) is 20.2 Å². The molecule has 2 aromatic carbocycles. The van der Waals surface area contributed by atoms with E-state index in [-0.39, 0.29) is 16.3 Å². The standard InChI is InChI=1S/C22H17N5O3S/c1-14(2)31(28,29)17-8-9-18(16(10-17)11-23)19-12-24-13-20(25-19)22-27-26-21(30-22)15-6-4-3-5-7-15/h3-10,12-14H,1-2H3. The Labute approximate surface area is 179 Å². The molecule has 0 spiro atoms. The van der Waals surface area contributed by atoms with Gasteiger partial charge < -0.3 is 4.42 Å². The number of hydrogen-bond acceptors (Lipinski definition) is 8. The average Bonchev–Trinajstić information content (AvgIpc) is 3.29. The van der Waals surface area contributed by atoms with E-state index in [0.29, 0.717) is 22.8 Å². The van der Waals surface area contributed by atoms with Gasteiger partial charge in [0.05, 0.1) is 39.9 Å². The molecule has 2 heterocycles. The number of hydrogen-bond donors (Lipinski definition) is 0. The molecular formula is C22H17N5O3S. The largest absolute Gasteiger partial charge is 0.415 e. The van der Waals surface area contributed by atoms with Crippen molar-refractivity contribution in [2.75, 3.05) is 0 Å². The summed E-state index contributed by atoms with van der Waals surface area (Å²) in [6, 6.07) is 15.8. The van der Waals surface area contributed by atoms with Gasteiger partial charge in [0.1, 0.15) is 5.69 Å². The summed E-state index contributed by atoms with van der Waals surface area (Å²) >= 11 is 0. The van der Waals surface area contributed by atoms with E-state index in [0.717, 1.165) is 5.56 Å². The van der Waals surface area contributed by atoms with Crippen LogP contribution in [0.5, 0.6) is 0 Å². The van der Waals surface area contributed by atoms with Crippen molar-refractivity contribution in [3.05, 3.63) is 66.5 Å². The Morgan fingerprint density at radius 2 is 1.68 bits per heavy atom. The van der Waals surface area contributed by atoms with Gasteiger partial charge in [0.15, 0.2) is 9.84 Å². The molecule has 2 aromatic heterocycles. The highest BCUT2D eigenvalue weighted by Crippen LogP contribution is 2.28. The van der Waals surface area contributed by atoms with Crippen LogP contribution in [0.15, 0.2) is 70.2 Å². The molecule has 9 heteroatoms. The SMILES string of the molecule is CC(C)S(=O)(=O)c1ccc(-c2cncc(-c3nnc(-c4ccccc4)o3)n2)c(C#N)c1. The third-order valence-electron chi connectivity index (χ3n) is 4.64. The molecule has 0 radical (unpaired) electrons. The first kappa shape index (κ1) is 20.4. The molecule has 4 aromatic rings. The molecule has 0 saturated heterocycles. The lowest BCUT2D eigenvalue weighted by Gasteiger charge is -2.10. The Morgan fingerprint density at radius 1 is 0.968 bits per heavy atom. The third-order valence-corrected chi connectivity index (χ3v) is 6.79. The van der Waals surface area contributed by atoms with Crippen molar-refractivity contribution >= 4 is 9.84 Å². The molecule has 0 fully saturated rings. The predicted octanol–water partition coefficient (Wildman–Crippen LogP) is 3.91. The minimum absolute atomic E-state index is 0.0938. The lowest BCUT2D eigenvalue weighted by Crippen LogP contribution is -2.14. The van der Waals surface area contributed by atoms with Crippen LogP contribution in [0.25, 0.3) is 34.3 Å². The van der Waals surface area contributed by atoms with Crippen LogP contribution >= 0.6 is 0 Å². The van der Waals surface area contributed by atoms with Gasteiger partial charge in [-0.25, -0.2) is 13.4 Å². The first-order valence-corrected chi connectivity index (χ1v) is 10.9. The summed E-state index contributed by atoms with van der Waals surface area (Å²) in [5, 5.41) is 17.1. The number of nitriles is 1. The maximum Gasteiger partial charge on any atom is 0.268 e. The molecule has 0 aliphatic carbocycles. The van der Waals surface area contributed by atoms with Crippen molar-refractivity contribution in [3.8, 4) is 40.4 Å². The van der Waals surface area contributed by atoms with Crippen molar-refractivity contribution in [2.45, 2.75) is 24.0 Å². The smallest absolute Gasteiger partial charge is 0.268 e. The second-order valence-corrected chi connectivity index (χ2v) is 9.49. The summed E-state index contributed by atoms with van der Waals surface area (Å²) in [5.41, 5.74) is 2.15. The summed E-state index contributed by atoms with van der Waals surface area (Å²) < 4.78 is 30.6. The Kier molecular flexibility index (Phi) is 5.31. The van der Waals surface area contributed by atoms with Crippen molar-refractivity contribution in [1.82, 2.24) is 20.2 Å². The zero-order chi connectivity index (χ0) is 22.0. The van der Waals surface area contributed by atoms with Crippen molar-refractivity contribution in [3.63, 3.8) is 0 Å². The van der Waals surface area contributed by atoms with Crippen molar-refractivity contribution < 1.29 is 12.8 Å². The fourth-order valence-electron chi connectivity index (χ4n) is 2.91. The fraction of sp³-hybridized carbons (Fsp3) is 0.136. The Bertz CT molecular complexity index is 1390. The second kappa shape index (κ2) is 8.08. The van der Waals surface area contributed by atoms with Crippen LogP contribution in [0.4, 0.5) is 0 Å². The molecule has 0 aliphatic rings. The molecule has 31 heavy (non-hydrogen) atoms. The summed E-state index contributed by atoms with van der Waals surface area (Å²) in [4.78, 5) is 8.77.